The van der Waals surface area contributed by atoms with E-state index in [2.05, 4.69) is 76.6 Å². The first kappa shape index (κ1) is 21.9. The molecule has 4 nitrogen and oxygen atoms in total. The molecule has 0 unspecified atom stereocenters. The molecule has 0 radical (unpaired) electrons. The third-order valence-corrected chi connectivity index (χ3v) is 7.47. The predicted octanol–water partition coefficient (Wildman–Crippen LogP) is 7.05. The van der Waals surface area contributed by atoms with Crippen LogP contribution in [0.25, 0.3) is 11.8 Å². The Morgan fingerprint density at radius 1 is 1.06 bits per heavy atom. The van der Waals surface area contributed by atoms with E-state index in [4.69, 9.17) is 11.6 Å². The number of nitrogens with zero attached hydrogens (tertiary/aromatic N) is 3. The second-order valence-electron chi connectivity index (χ2n) is 7.47. The topological polar surface area (TPSA) is 37.6 Å². The van der Waals surface area contributed by atoms with Crippen LogP contribution in [0, 0.1) is 20.8 Å². The molecule has 7 heteroatoms. The number of halogens is 2. The van der Waals surface area contributed by atoms with E-state index in [9.17, 15) is 4.79 Å². The molecule has 0 atom stereocenters. The van der Waals surface area contributed by atoms with E-state index in [1.165, 1.54) is 17.3 Å². The maximum absolute atomic E-state index is 12.9. The van der Waals surface area contributed by atoms with Crippen LogP contribution in [-0.2, 0) is 4.79 Å². The Morgan fingerprint density at radius 2 is 1.77 bits per heavy atom. The molecule has 2 aromatic carbocycles. The lowest BCUT2D eigenvalue weighted by Crippen LogP contribution is -2.23. The normalized spacial score (nSPS) is 16.7. The van der Waals surface area contributed by atoms with Gasteiger partial charge in [0.25, 0.3) is 5.91 Å². The van der Waals surface area contributed by atoms with Gasteiger partial charge in [-0.1, -0.05) is 29.3 Å². The number of likely N-dealkylation sites (N-methyl/N-ethyl adjacent to an activating group) is 1. The van der Waals surface area contributed by atoms with Crippen LogP contribution < -0.4 is 0 Å². The van der Waals surface area contributed by atoms with Gasteiger partial charge in [0.2, 0.25) is 0 Å². The van der Waals surface area contributed by atoms with Gasteiger partial charge in [0, 0.05) is 28.6 Å². The zero-order chi connectivity index (χ0) is 22.3. The van der Waals surface area contributed by atoms with E-state index in [0.717, 1.165) is 27.1 Å². The number of aromatic nitrogens is 1. The number of rotatable bonds is 3. The highest BCUT2D eigenvalue weighted by Gasteiger charge is 2.30. The maximum atomic E-state index is 12.9. The largest absolute Gasteiger partial charge is 0.318 e. The minimum absolute atomic E-state index is 0.0629. The van der Waals surface area contributed by atoms with Crippen molar-refractivity contribution in [1.82, 2.24) is 9.47 Å². The third kappa shape index (κ3) is 4.38. The van der Waals surface area contributed by atoms with Crippen molar-refractivity contribution in [3.05, 3.63) is 85.4 Å². The Hall–Kier alpha value is -2.28. The summed E-state index contributed by atoms with van der Waals surface area (Å²) in [6.45, 7) is 6.23. The predicted molar refractivity (Wildman–Crippen MR) is 135 cm³/mol. The van der Waals surface area contributed by atoms with Crippen molar-refractivity contribution in [3.63, 3.8) is 0 Å². The molecule has 0 aliphatic carbocycles. The van der Waals surface area contributed by atoms with Crippen molar-refractivity contribution in [3.8, 4) is 5.69 Å². The highest BCUT2D eigenvalue weighted by Crippen LogP contribution is 2.35. The number of aliphatic imine (C=N–C) groups is 1. The van der Waals surface area contributed by atoms with Crippen molar-refractivity contribution in [2.75, 3.05) is 7.05 Å². The van der Waals surface area contributed by atoms with Crippen LogP contribution in [0.3, 0.4) is 0 Å². The average Bonchev–Trinajstić information content (AvgIpc) is 3.16. The first-order valence-corrected chi connectivity index (χ1v) is 11.7. The third-order valence-electron chi connectivity index (χ3n) is 5.18. The first-order valence-electron chi connectivity index (χ1n) is 9.72. The molecule has 0 bridgehead atoms. The van der Waals surface area contributed by atoms with E-state index < -0.39 is 0 Å². The minimum atomic E-state index is -0.0629. The molecule has 1 saturated heterocycles. The van der Waals surface area contributed by atoms with Crippen LogP contribution in [0.5, 0.6) is 0 Å². The van der Waals surface area contributed by atoms with Crippen LogP contribution in [0.4, 0.5) is 5.69 Å². The van der Waals surface area contributed by atoms with E-state index in [1.54, 1.807) is 18.0 Å². The average molecular weight is 515 g/mol. The molecule has 1 aromatic heterocycles. The Labute approximate surface area is 199 Å². The van der Waals surface area contributed by atoms with Gasteiger partial charge in [-0.25, -0.2) is 4.99 Å². The number of carbonyl (C=O) groups excluding carboxylic acids is 1. The maximum Gasteiger partial charge on any atom is 0.266 e. The fourth-order valence-corrected chi connectivity index (χ4v) is 4.88. The Balaban J connectivity index is 1.67. The molecule has 31 heavy (non-hydrogen) atoms. The van der Waals surface area contributed by atoms with Gasteiger partial charge >= 0.3 is 0 Å². The number of aryl methyl sites for hydroxylation is 2. The zero-order valence-corrected chi connectivity index (χ0v) is 20.8. The number of hydrogen-bond acceptors (Lipinski definition) is 3. The van der Waals surface area contributed by atoms with Crippen LogP contribution in [0.15, 0.2) is 62.9 Å². The Kier molecular flexibility index (Phi) is 6.15. The summed E-state index contributed by atoms with van der Waals surface area (Å²) >= 11 is 10.9. The number of carbonyl (C=O) groups is 1. The van der Waals surface area contributed by atoms with Crippen molar-refractivity contribution in [2.45, 2.75) is 20.8 Å². The molecule has 3 aromatic rings. The van der Waals surface area contributed by atoms with Crippen LogP contribution in [0.1, 0.15) is 22.5 Å². The quantitative estimate of drug-likeness (QED) is 0.351. The molecule has 1 fully saturated rings. The van der Waals surface area contributed by atoms with Crippen molar-refractivity contribution in [1.29, 1.82) is 0 Å². The highest BCUT2D eigenvalue weighted by molar-refractivity contribution is 9.10. The van der Waals surface area contributed by atoms with Crippen LogP contribution in [-0.4, -0.2) is 27.6 Å². The van der Waals surface area contributed by atoms with E-state index in [1.807, 2.05) is 18.2 Å². The lowest BCUT2D eigenvalue weighted by molar-refractivity contribution is -0.121. The SMILES string of the molecule is Cc1ccc(-n2c(C)cc(/C=C3\SC(=Nc4ccc(Br)c(Cl)c4)N(C)C3=O)c2C)cc1. The fourth-order valence-electron chi connectivity index (χ4n) is 3.48. The number of hydrogen-bond donors (Lipinski definition) is 0. The van der Waals surface area contributed by atoms with E-state index >= 15 is 0 Å². The van der Waals surface area contributed by atoms with Crippen molar-refractivity contribution >= 4 is 62.1 Å². The first-order chi connectivity index (χ1) is 14.7. The smallest absolute Gasteiger partial charge is 0.266 e. The zero-order valence-electron chi connectivity index (χ0n) is 17.6. The second-order valence-corrected chi connectivity index (χ2v) is 9.74. The lowest BCUT2D eigenvalue weighted by atomic mass is 10.2. The second kappa shape index (κ2) is 8.69. The molecular weight excluding hydrogens is 494 g/mol. The summed E-state index contributed by atoms with van der Waals surface area (Å²) in [6, 6.07) is 16.0. The van der Waals surface area contributed by atoms with Gasteiger partial charge in [0.15, 0.2) is 5.17 Å². The molecule has 2 heterocycles. The van der Waals surface area contributed by atoms with Gasteiger partial charge < -0.3 is 4.57 Å². The van der Waals surface area contributed by atoms with Crippen molar-refractivity contribution < 1.29 is 4.79 Å². The summed E-state index contributed by atoms with van der Waals surface area (Å²) in [6.07, 6.45) is 1.95. The number of amides is 1. The lowest BCUT2D eigenvalue weighted by Gasteiger charge is -2.10. The number of benzene rings is 2. The summed E-state index contributed by atoms with van der Waals surface area (Å²) in [7, 11) is 1.74. The van der Waals surface area contributed by atoms with Gasteiger partial charge in [0.05, 0.1) is 15.6 Å². The Bertz CT molecular complexity index is 1240. The molecule has 158 valence electrons. The van der Waals surface area contributed by atoms with Gasteiger partial charge in [0.1, 0.15) is 0 Å². The summed E-state index contributed by atoms with van der Waals surface area (Å²) in [4.78, 5) is 19.7. The summed E-state index contributed by atoms with van der Waals surface area (Å²) in [5, 5.41) is 1.21. The number of amidine groups is 1. The van der Waals surface area contributed by atoms with Gasteiger partial charge in [-0.2, -0.15) is 0 Å². The van der Waals surface area contributed by atoms with Crippen LogP contribution >= 0.6 is 39.3 Å². The molecule has 0 N–H and O–H groups in total. The molecule has 1 aliphatic rings. The Morgan fingerprint density at radius 3 is 2.45 bits per heavy atom. The van der Waals surface area contributed by atoms with Gasteiger partial charge in [-0.15, -0.1) is 0 Å². The fraction of sp³-hybridized carbons (Fsp3) is 0.167. The monoisotopic (exact) mass is 513 g/mol. The standard InChI is InChI=1S/C24H21BrClN3OS/c1-14-5-8-19(9-6-14)29-15(2)11-17(16(29)3)12-22-23(30)28(4)24(31-22)27-18-7-10-20(25)21(26)13-18/h5-13H,1-4H3/b22-12-,27-24?. The molecule has 0 spiro atoms. The van der Waals surface area contributed by atoms with E-state index in [0.29, 0.717) is 20.8 Å². The van der Waals surface area contributed by atoms with Gasteiger partial charge in [-0.05, 0) is 96.5 Å². The summed E-state index contributed by atoms with van der Waals surface area (Å²) < 4.78 is 3.02. The molecular formula is C24H21BrClN3OS. The summed E-state index contributed by atoms with van der Waals surface area (Å²) in [5.41, 5.74) is 6.28. The highest BCUT2D eigenvalue weighted by atomic mass is 79.9. The van der Waals surface area contributed by atoms with Crippen molar-refractivity contribution in [2.24, 2.45) is 4.99 Å². The minimum Gasteiger partial charge on any atom is -0.318 e. The van der Waals surface area contributed by atoms with Crippen LogP contribution in [0.2, 0.25) is 5.02 Å². The van der Waals surface area contributed by atoms with E-state index in [-0.39, 0.29) is 5.91 Å². The molecule has 0 saturated carbocycles. The molecule has 1 aliphatic heterocycles. The number of thioether (sulfide) groups is 1. The molecule has 4 rings (SSSR count). The molecule has 1 amide bonds. The van der Waals surface area contributed by atoms with Gasteiger partial charge in [-0.3, -0.25) is 9.69 Å². The summed E-state index contributed by atoms with van der Waals surface area (Å²) in [5.74, 6) is -0.0629.